The first-order valence-electron chi connectivity index (χ1n) is 7.20. The third-order valence-corrected chi connectivity index (χ3v) is 5.90. The molecule has 1 aliphatic heterocycles. The molecule has 2 rings (SSSR count). The minimum atomic E-state index is -3.39. The number of benzene rings is 1. The monoisotopic (exact) mass is 296 g/mol. The van der Waals surface area contributed by atoms with Crippen molar-refractivity contribution in [3.8, 4) is 0 Å². The molecule has 0 amide bonds. The molecular weight excluding hydrogens is 272 g/mol. The van der Waals surface area contributed by atoms with Gasteiger partial charge in [-0.2, -0.15) is 4.31 Å². The molecular formula is C15H24N2O2S. The zero-order valence-electron chi connectivity index (χ0n) is 12.5. The van der Waals surface area contributed by atoms with E-state index in [9.17, 15) is 8.42 Å². The number of hydrogen-bond acceptors (Lipinski definition) is 3. The van der Waals surface area contributed by atoms with Crippen molar-refractivity contribution in [1.29, 1.82) is 0 Å². The summed E-state index contributed by atoms with van der Waals surface area (Å²) in [6.45, 7) is 8.28. The third-order valence-electron chi connectivity index (χ3n) is 3.95. The highest BCUT2D eigenvalue weighted by Crippen LogP contribution is 2.33. The van der Waals surface area contributed by atoms with Gasteiger partial charge in [0.05, 0.1) is 5.69 Å². The average molecular weight is 296 g/mol. The largest absolute Gasteiger partial charge is 0.384 e. The fourth-order valence-electron chi connectivity index (χ4n) is 2.50. The highest BCUT2D eigenvalue weighted by Gasteiger charge is 2.33. The lowest BCUT2D eigenvalue weighted by Gasteiger charge is -2.36. The van der Waals surface area contributed by atoms with Crippen LogP contribution in [0, 0.1) is 5.41 Å². The van der Waals surface area contributed by atoms with Crippen molar-refractivity contribution in [2.45, 2.75) is 38.5 Å². The Bertz CT molecular complexity index is 557. The third kappa shape index (κ3) is 3.15. The van der Waals surface area contributed by atoms with Gasteiger partial charge in [0.25, 0.3) is 0 Å². The smallest absolute Gasteiger partial charge is 0.245 e. The van der Waals surface area contributed by atoms with Gasteiger partial charge in [-0.3, -0.25) is 0 Å². The summed E-state index contributed by atoms with van der Waals surface area (Å²) >= 11 is 0. The molecule has 1 N–H and O–H groups in total. The van der Waals surface area contributed by atoms with Gasteiger partial charge in [0, 0.05) is 19.6 Å². The second-order valence-electron chi connectivity index (χ2n) is 6.09. The van der Waals surface area contributed by atoms with Gasteiger partial charge in [-0.1, -0.05) is 26.0 Å². The molecule has 1 aromatic rings. The number of nitrogens with zero attached hydrogens (tertiary/aromatic N) is 1. The average Bonchev–Trinajstić information content (AvgIpc) is 2.39. The Morgan fingerprint density at radius 2 is 1.80 bits per heavy atom. The minimum Gasteiger partial charge on any atom is -0.384 e. The zero-order chi connectivity index (χ0) is 14.8. The van der Waals surface area contributed by atoms with E-state index in [4.69, 9.17) is 0 Å². The van der Waals surface area contributed by atoms with Crippen LogP contribution in [0.25, 0.3) is 0 Å². The summed E-state index contributed by atoms with van der Waals surface area (Å²) in [5, 5.41) is 3.13. The molecule has 1 fully saturated rings. The van der Waals surface area contributed by atoms with Gasteiger partial charge in [-0.05, 0) is 37.3 Å². The van der Waals surface area contributed by atoms with Crippen LogP contribution in [-0.2, 0) is 10.0 Å². The molecule has 0 spiro atoms. The van der Waals surface area contributed by atoms with Crippen LogP contribution in [-0.4, -0.2) is 32.4 Å². The van der Waals surface area contributed by atoms with Crippen LogP contribution in [0.15, 0.2) is 29.2 Å². The van der Waals surface area contributed by atoms with Crippen LogP contribution in [0.5, 0.6) is 0 Å². The molecule has 20 heavy (non-hydrogen) atoms. The Hall–Kier alpha value is -1.07. The molecule has 0 saturated carbocycles. The molecule has 112 valence electrons. The van der Waals surface area contributed by atoms with E-state index in [-0.39, 0.29) is 5.41 Å². The van der Waals surface area contributed by atoms with E-state index in [2.05, 4.69) is 19.2 Å². The summed E-state index contributed by atoms with van der Waals surface area (Å²) in [7, 11) is -3.39. The highest BCUT2D eigenvalue weighted by molar-refractivity contribution is 7.89. The lowest BCUT2D eigenvalue weighted by molar-refractivity contribution is 0.196. The van der Waals surface area contributed by atoms with Gasteiger partial charge in [-0.25, -0.2) is 8.42 Å². The molecule has 0 unspecified atom stereocenters. The molecule has 0 atom stereocenters. The van der Waals surface area contributed by atoms with E-state index in [0.29, 0.717) is 30.2 Å². The van der Waals surface area contributed by atoms with Crippen molar-refractivity contribution in [1.82, 2.24) is 4.31 Å². The Balaban J connectivity index is 2.27. The van der Waals surface area contributed by atoms with Crippen molar-refractivity contribution in [2.24, 2.45) is 5.41 Å². The number of hydrogen-bond donors (Lipinski definition) is 1. The Kier molecular flexibility index (Phi) is 4.39. The molecule has 1 aromatic carbocycles. The van der Waals surface area contributed by atoms with Crippen molar-refractivity contribution >= 4 is 15.7 Å². The maximum Gasteiger partial charge on any atom is 0.245 e. The van der Waals surface area contributed by atoms with Crippen LogP contribution >= 0.6 is 0 Å². The van der Waals surface area contributed by atoms with Gasteiger partial charge in [-0.15, -0.1) is 0 Å². The molecule has 0 aliphatic carbocycles. The molecule has 4 nitrogen and oxygen atoms in total. The van der Waals surface area contributed by atoms with Crippen LogP contribution in [0.1, 0.15) is 33.6 Å². The van der Waals surface area contributed by atoms with Crippen molar-refractivity contribution in [3.63, 3.8) is 0 Å². The topological polar surface area (TPSA) is 49.4 Å². The van der Waals surface area contributed by atoms with Crippen molar-refractivity contribution in [2.75, 3.05) is 25.0 Å². The first-order valence-corrected chi connectivity index (χ1v) is 8.64. The molecule has 0 aromatic heterocycles. The Labute approximate surface area is 122 Å². The van der Waals surface area contributed by atoms with Crippen LogP contribution in [0.3, 0.4) is 0 Å². The number of para-hydroxylation sites is 1. The van der Waals surface area contributed by atoms with Crippen LogP contribution < -0.4 is 5.32 Å². The molecule has 1 saturated heterocycles. The van der Waals surface area contributed by atoms with Gasteiger partial charge >= 0.3 is 0 Å². The molecule has 0 radical (unpaired) electrons. The predicted molar refractivity (Wildman–Crippen MR) is 82.4 cm³/mol. The molecule has 1 heterocycles. The number of rotatable bonds is 4. The highest BCUT2D eigenvalue weighted by atomic mass is 32.2. The van der Waals surface area contributed by atoms with Gasteiger partial charge in [0.1, 0.15) is 4.90 Å². The quantitative estimate of drug-likeness (QED) is 0.929. The number of nitrogens with one attached hydrogen (secondary N) is 1. The standard InChI is InChI=1S/C15H24N2O2S/c1-4-16-13-7-5-6-8-14(13)20(18,19)17-11-9-15(2,3)10-12-17/h5-8,16H,4,9-12H2,1-3H3. The minimum absolute atomic E-state index is 0.243. The maximum atomic E-state index is 12.8. The van der Waals surface area contributed by atoms with E-state index in [0.717, 1.165) is 12.8 Å². The fraction of sp³-hybridized carbons (Fsp3) is 0.600. The summed E-state index contributed by atoms with van der Waals surface area (Å²) < 4.78 is 27.2. The van der Waals surface area contributed by atoms with Gasteiger partial charge in [0.2, 0.25) is 10.0 Å². The lowest BCUT2D eigenvalue weighted by Crippen LogP contribution is -2.41. The van der Waals surface area contributed by atoms with E-state index in [1.165, 1.54) is 0 Å². The second kappa shape index (κ2) is 5.74. The summed E-state index contributed by atoms with van der Waals surface area (Å²) in [5.74, 6) is 0. The number of piperidine rings is 1. The normalized spacial score (nSPS) is 19.8. The Morgan fingerprint density at radius 1 is 1.20 bits per heavy atom. The van der Waals surface area contributed by atoms with Crippen LogP contribution in [0.2, 0.25) is 0 Å². The summed E-state index contributed by atoms with van der Waals surface area (Å²) in [6, 6.07) is 7.15. The summed E-state index contributed by atoms with van der Waals surface area (Å²) in [5.41, 5.74) is 0.938. The molecule has 0 bridgehead atoms. The lowest BCUT2D eigenvalue weighted by atomic mass is 9.83. The van der Waals surface area contributed by atoms with Crippen molar-refractivity contribution in [3.05, 3.63) is 24.3 Å². The summed E-state index contributed by atoms with van der Waals surface area (Å²) in [6.07, 6.45) is 1.82. The van der Waals surface area contributed by atoms with E-state index in [1.807, 2.05) is 19.1 Å². The SMILES string of the molecule is CCNc1ccccc1S(=O)(=O)N1CCC(C)(C)CC1. The van der Waals surface area contributed by atoms with E-state index >= 15 is 0 Å². The van der Waals surface area contributed by atoms with Gasteiger partial charge in [0.15, 0.2) is 0 Å². The first kappa shape index (κ1) is 15.3. The summed E-state index contributed by atoms with van der Waals surface area (Å²) in [4.78, 5) is 0.390. The van der Waals surface area contributed by atoms with Crippen LogP contribution in [0.4, 0.5) is 5.69 Å². The predicted octanol–water partition coefficient (Wildman–Crippen LogP) is 2.93. The second-order valence-corrected chi connectivity index (χ2v) is 8.00. The maximum absolute atomic E-state index is 12.8. The number of sulfonamides is 1. The van der Waals surface area contributed by atoms with E-state index in [1.54, 1.807) is 16.4 Å². The molecule has 5 heteroatoms. The van der Waals surface area contributed by atoms with Crippen molar-refractivity contribution < 1.29 is 8.42 Å². The fourth-order valence-corrected chi connectivity index (χ4v) is 4.11. The molecule has 1 aliphatic rings. The first-order chi connectivity index (χ1) is 9.37. The zero-order valence-corrected chi connectivity index (χ0v) is 13.3. The Morgan fingerprint density at radius 3 is 2.40 bits per heavy atom. The van der Waals surface area contributed by atoms with E-state index < -0.39 is 10.0 Å². The van der Waals surface area contributed by atoms with Gasteiger partial charge < -0.3 is 5.32 Å². The number of anilines is 1.